The van der Waals surface area contributed by atoms with Crippen molar-refractivity contribution >= 4 is 31.6 Å². The van der Waals surface area contributed by atoms with Crippen LogP contribution in [0, 0.1) is 19.8 Å². The largest absolute Gasteiger partial charge is 0.497 e. The monoisotopic (exact) mass is 736 g/mol. The fourth-order valence-corrected chi connectivity index (χ4v) is 8.36. The highest BCUT2D eigenvalue weighted by molar-refractivity contribution is 7.92. The van der Waals surface area contributed by atoms with Gasteiger partial charge in [0.25, 0.3) is 15.9 Å². The van der Waals surface area contributed by atoms with Crippen molar-refractivity contribution in [3.05, 3.63) is 59.5 Å². The molecule has 3 aromatic rings. The first-order chi connectivity index (χ1) is 23.6. The van der Waals surface area contributed by atoms with Crippen molar-refractivity contribution in [2.24, 2.45) is 5.92 Å². The highest BCUT2D eigenvalue weighted by Gasteiger charge is 2.33. The smallest absolute Gasteiger partial charge is 0.267 e. The molecule has 0 aliphatic carbocycles. The van der Waals surface area contributed by atoms with E-state index in [1.807, 2.05) is 13.8 Å². The maximum absolute atomic E-state index is 14.4. The maximum atomic E-state index is 14.4. The number of fused-ring (bicyclic) bond motifs is 1. The Morgan fingerprint density at radius 1 is 1.10 bits per heavy atom. The number of carbonyl (C=O) groups excluding carboxylic acids is 1. The van der Waals surface area contributed by atoms with Crippen LogP contribution in [-0.2, 0) is 24.8 Å². The molecule has 1 aromatic heterocycles. The molecule has 276 valence electrons. The summed E-state index contributed by atoms with van der Waals surface area (Å²) in [5.41, 5.74) is 0.403. The van der Waals surface area contributed by atoms with E-state index in [2.05, 4.69) is 9.88 Å². The van der Waals surface area contributed by atoms with E-state index >= 15 is 0 Å². The Bertz CT molecular complexity index is 1810. The zero-order valence-corrected chi connectivity index (χ0v) is 31.2. The van der Waals surface area contributed by atoms with Crippen LogP contribution < -0.4 is 14.2 Å². The lowest BCUT2D eigenvalue weighted by molar-refractivity contribution is -0.00834. The summed E-state index contributed by atoms with van der Waals surface area (Å²) >= 11 is 0. The Balaban J connectivity index is 1.68. The lowest BCUT2D eigenvalue weighted by Crippen LogP contribution is -2.48. The molecule has 14 nitrogen and oxygen atoms in total. The quantitative estimate of drug-likeness (QED) is 0.305. The molecule has 0 saturated heterocycles. The molecule has 4 rings (SSSR count). The molecular weight excluding hydrogens is 689 g/mol. The molecule has 0 fully saturated rings. The maximum Gasteiger partial charge on any atom is 0.267 e. The van der Waals surface area contributed by atoms with E-state index in [-0.39, 0.29) is 64.0 Å². The molecule has 2 aromatic carbocycles. The number of aliphatic hydroxyl groups excluding tert-OH is 1. The van der Waals surface area contributed by atoms with Gasteiger partial charge in [0.05, 0.1) is 42.4 Å². The van der Waals surface area contributed by atoms with Gasteiger partial charge in [-0.05, 0) is 89.4 Å². The standard InChI is InChI=1S/C34H48N4O10S2/c1-22-19-38(23(2)21-39)34(40)30-18-27(36-49(41,42)33-25(4)35-48-26(33)5)11-16-31(30)47-24(3)10-8-9-17-46-32(22)20-37(6)50(43,44)29-14-12-28(45-7)13-15-29/h11-16,18,22-24,32,36,39H,8-10,17,19-21H2,1-7H3/t22-,23+,24-,32+/m1/s1. The number of rotatable bonds is 10. The number of hydrogen-bond donors (Lipinski definition) is 2. The van der Waals surface area contributed by atoms with Gasteiger partial charge in [-0.1, -0.05) is 12.1 Å². The summed E-state index contributed by atoms with van der Waals surface area (Å²) in [6.45, 7) is 8.56. The number of methoxy groups -OCH3 is 1. The number of carbonyl (C=O) groups is 1. The number of nitrogens with zero attached hydrogens (tertiary/aromatic N) is 3. The Kier molecular flexibility index (Phi) is 12.9. The second kappa shape index (κ2) is 16.5. The van der Waals surface area contributed by atoms with Crippen LogP contribution in [0.25, 0.3) is 0 Å². The topological polar surface area (TPSA) is 178 Å². The predicted octanol–water partition coefficient (Wildman–Crippen LogP) is 4.22. The summed E-state index contributed by atoms with van der Waals surface area (Å²) in [4.78, 5) is 15.9. The zero-order chi connectivity index (χ0) is 36.8. The van der Waals surface area contributed by atoms with E-state index in [0.29, 0.717) is 25.2 Å². The Morgan fingerprint density at radius 3 is 2.42 bits per heavy atom. The van der Waals surface area contributed by atoms with Crippen molar-refractivity contribution in [1.82, 2.24) is 14.4 Å². The predicted molar refractivity (Wildman–Crippen MR) is 186 cm³/mol. The third-order valence-electron chi connectivity index (χ3n) is 8.75. The lowest BCUT2D eigenvalue weighted by atomic mass is 10.0. The summed E-state index contributed by atoms with van der Waals surface area (Å²) < 4.78 is 80.2. The fraction of sp³-hybridized carbons (Fsp3) is 0.529. The molecule has 2 N–H and O–H groups in total. The molecule has 0 spiro atoms. The van der Waals surface area contributed by atoms with Gasteiger partial charge in [0.15, 0.2) is 10.7 Å². The third-order valence-corrected chi connectivity index (χ3v) is 12.2. The van der Waals surface area contributed by atoms with Crippen LogP contribution in [-0.4, -0.2) is 101 Å². The minimum atomic E-state index is -4.12. The van der Waals surface area contributed by atoms with Gasteiger partial charge >= 0.3 is 0 Å². The van der Waals surface area contributed by atoms with Crippen LogP contribution in [0.1, 0.15) is 61.8 Å². The summed E-state index contributed by atoms with van der Waals surface area (Å²) in [5, 5.41) is 14.0. The van der Waals surface area contributed by atoms with Crippen molar-refractivity contribution in [2.75, 3.05) is 45.2 Å². The third kappa shape index (κ3) is 9.15. The lowest BCUT2D eigenvalue weighted by Gasteiger charge is -2.35. The number of nitrogens with one attached hydrogen (secondary N) is 1. The first-order valence-corrected chi connectivity index (χ1v) is 19.4. The van der Waals surface area contributed by atoms with Crippen LogP contribution in [0.2, 0.25) is 0 Å². The van der Waals surface area contributed by atoms with Gasteiger partial charge in [0, 0.05) is 38.3 Å². The minimum absolute atomic E-state index is 0.00873. The summed E-state index contributed by atoms with van der Waals surface area (Å²) in [6, 6.07) is 9.95. The number of ether oxygens (including phenoxy) is 3. The minimum Gasteiger partial charge on any atom is -0.497 e. The molecule has 0 unspecified atom stereocenters. The number of aryl methyl sites for hydroxylation is 2. The van der Waals surface area contributed by atoms with E-state index in [9.17, 15) is 26.7 Å². The van der Waals surface area contributed by atoms with Gasteiger partial charge in [-0.25, -0.2) is 16.8 Å². The number of aromatic nitrogens is 1. The number of hydrogen-bond acceptors (Lipinski definition) is 11. The Hall–Kier alpha value is -3.70. The number of amides is 1. The first-order valence-electron chi connectivity index (χ1n) is 16.5. The molecule has 1 aliphatic rings. The van der Waals surface area contributed by atoms with E-state index in [1.54, 1.807) is 25.1 Å². The normalized spacial score (nSPS) is 20.5. The Labute approximate surface area is 294 Å². The van der Waals surface area contributed by atoms with E-state index < -0.39 is 44.0 Å². The molecule has 1 aliphatic heterocycles. The highest BCUT2D eigenvalue weighted by atomic mass is 32.2. The SMILES string of the molecule is COc1ccc(S(=O)(=O)N(C)C[C@@H]2OCCCC[C@@H](C)Oc3ccc(NS(=O)(=O)c4c(C)noc4C)cc3C(=O)N([C@@H](C)CO)C[C@H]2C)cc1. The van der Waals surface area contributed by atoms with Gasteiger partial charge in [0.1, 0.15) is 17.2 Å². The second-order valence-electron chi connectivity index (χ2n) is 12.7. The first kappa shape index (κ1) is 39.1. The van der Waals surface area contributed by atoms with Crippen molar-refractivity contribution in [3.8, 4) is 11.5 Å². The zero-order valence-electron chi connectivity index (χ0n) is 29.6. The second-order valence-corrected chi connectivity index (χ2v) is 16.4. The average molecular weight is 737 g/mol. The summed E-state index contributed by atoms with van der Waals surface area (Å²) in [7, 11) is -5.02. The van der Waals surface area contributed by atoms with Gasteiger partial charge in [-0.3, -0.25) is 9.52 Å². The van der Waals surface area contributed by atoms with Crippen LogP contribution in [0.4, 0.5) is 5.69 Å². The van der Waals surface area contributed by atoms with Crippen LogP contribution in [0.3, 0.4) is 0 Å². The van der Waals surface area contributed by atoms with E-state index in [4.69, 9.17) is 18.7 Å². The van der Waals surface area contributed by atoms with E-state index in [1.165, 1.54) is 61.5 Å². The van der Waals surface area contributed by atoms with Gasteiger partial charge in [-0.2, -0.15) is 4.31 Å². The van der Waals surface area contributed by atoms with Crippen LogP contribution in [0.5, 0.6) is 11.5 Å². The summed E-state index contributed by atoms with van der Waals surface area (Å²) in [5.74, 6) is 0.0185. The molecular formula is C34H48N4O10S2. The van der Waals surface area contributed by atoms with Crippen molar-refractivity contribution in [2.45, 2.75) is 81.9 Å². The molecule has 0 radical (unpaired) electrons. The number of sulfonamides is 2. The number of benzene rings is 2. The Morgan fingerprint density at radius 2 is 1.80 bits per heavy atom. The van der Waals surface area contributed by atoms with Crippen molar-refractivity contribution in [3.63, 3.8) is 0 Å². The number of aliphatic hydroxyl groups is 1. The van der Waals surface area contributed by atoms with Gasteiger partial charge in [-0.15, -0.1) is 0 Å². The van der Waals surface area contributed by atoms with Crippen molar-refractivity contribution in [1.29, 1.82) is 0 Å². The average Bonchev–Trinajstić information content (AvgIpc) is 3.43. The van der Waals surface area contributed by atoms with Gasteiger partial charge in [0.2, 0.25) is 10.0 Å². The molecule has 4 atom stereocenters. The number of anilines is 1. The fourth-order valence-electron chi connectivity index (χ4n) is 5.79. The molecule has 50 heavy (non-hydrogen) atoms. The molecule has 1 amide bonds. The molecule has 0 saturated carbocycles. The van der Waals surface area contributed by atoms with Crippen molar-refractivity contribution < 1.29 is 45.5 Å². The summed E-state index contributed by atoms with van der Waals surface area (Å²) in [6.07, 6.45) is 1.16. The molecule has 0 bridgehead atoms. The number of likely N-dealkylation sites (N-methyl/N-ethyl adjacent to an activating group) is 1. The highest BCUT2D eigenvalue weighted by Crippen LogP contribution is 2.31. The van der Waals surface area contributed by atoms with Crippen LogP contribution in [0.15, 0.2) is 56.8 Å². The van der Waals surface area contributed by atoms with E-state index in [0.717, 1.165) is 6.42 Å². The molecule has 16 heteroatoms. The van der Waals surface area contributed by atoms with Gasteiger partial charge < -0.3 is 28.7 Å². The molecule has 2 heterocycles. The van der Waals surface area contributed by atoms with Crippen LogP contribution >= 0.6 is 0 Å².